The number of nitrogens with one attached hydrogen (secondary N) is 2. The molecule has 1 aliphatic carbocycles. The average molecular weight is 466 g/mol. The molecule has 1 saturated carbocycles. The molecule has 0 saturated heterocycles. The van der Waals surface area contributed by atoms with Gasteiger partial charge in [-0.25, -0.2) is 35.1 Å². The van der Waals surface area contributed by atoms with Crippen LogP contribution in [0.4, 0.5) is 27.6 Å². The SMILES string of the molecule is O=S(=O)(NC1CCC(O)CC1)c1cc(C(O)Nc2cc(F)c(F)c(F)c2)c(F)cc1F. The lowest BCUT2D eigenvalue weighted by Crippen LogP contribution is -2.39. The van der Waals surface area contributed by atoms with E-state index in [9.17, 15) is 40.6 Å². The van der Waals surface area contributed by atoms with Crippen LogP contribution in [0.2, 0.25) is 0 Å². The molecule has 31 heavy (non-hydrogen) atoms. The lowest BCUT2D eigenvalue weighted by Gasteiger charge is -2.26. The minimum atomic E-state index is -4.45. The number of anilines is 1. The first kappa shape index (κ1) is 23.4. The number of sulfonamides is 1. The van der Waals surface area contributed by atoms with Crippen molar-refractivity contribution >= 4 is 15.7 Å². The smallest absolute Gasteiger partial charge is 0.243 e. The molecule has 2 aromatic carbocycles. The summed E-state index contributed by atoms with van der Waals surface area (Å²) in [6.07, 6.45) is -1.22. The summed E-state index contributed by atoms with van der Waals surface area (Å²) in [7, 11) is -4.45. The number of hydrogen-bond acceptors (Lipinski definition) is 5. The van der Waals surface area contributed by atoms with Crippen LogP contribution in [0.15, 0.2) is 29.2 Å². The Kier molecular flexibility index (Phi) is 6.84. The van der Waals surface area contributed by atoms with E-state index in [1.54, 1.807) is 0 Å². The van der Waals surface area contributed by atoms with Crippen LogP contribution in [0.3, 0.4) is 0 Å². The molecule has 2 aromatic rings. The quantitative estimate of drug-likeness (QED) is 0.298. The van der Waals surface area contributed by atoms with Crippen LogP contribution in [-0.2, 0) is 10.0 Å². The first-order valence-corrected chi connectivity index (χ1v) is 10.7. The van der Waals surface area contributed by atoms with Gasteiger partial charge in [0.25, 0.3) is 0 Å². The number of halogens is 5. The van der Waals surface area contributed by atoms with Crippen LogP contribution >= 0.6 is 0 Å². The molecule has 1 unspecified atom stereocenters. The second-order valence-corrected chi connectivity index (χ2v) is 8.91. The van der Waals surface area contributed by atoms with Gasteiger partial charge in [0.2, 0.25) is 10.0 Å². The van der Waals surface area contributed by atoms with Crippen molar-refractivity contribution in [2.75, 3.05) is 5.32 Å². The highest BCUT2D eigenvalue weighted by Crippen LogP contribution is 2.28. The Morgan fingerprint density at radius 3 is 2.03 bits per heavy atom. The molecule has 0 radical (unpaired) electrons. The minimum absolute atomic E-state index is 0.255. The van der Waals surface area contributed by atoms with Gasteiger partial charge in [-0.3, -0.25) is 0 Å². The Balaban J connectivity index is 1.86. The second-order valence-electron chi connectivity index (χ2n) is 7.23. The van der Waals surface area contributed by atoms with Gasteiger partial charge in [0.1, 0.15) is 16.5 Å². The standard InChI is InChI=1S/C19H19F5N2O4S/c20-13-8-14(21)17(31(29,30)26-9-1-3-11(27)4-2-9)7-12(13)19(28)25-10-5-15(22)18(24)16(23)6-10/h5-9,11,19,25-28H,1-4H2. The van der Waals surface area contributed by atoms with Crippen molar-refractivity contribution in [3.05, 3.63) is 58.9 Å². The summed E-state index contributed by atoms with van der Waals surface area (Å²) in [6.45, 7) is 0. The van der Waals surface area contributed by atoms with Crippen molar-refractivity contribution < 1.29 is 40.6 Å². The molecule has 1 atom stereocenters. The van der Waals surface area contributed by atoms with E-state index in [4.69, 9.17) is 0 Å². The fourth-order valence-corrected chi connectivity index (χ4v) is 4.71. The van der Waals surface area contributed by atoms with Crippen LogP contribution in [0, 0.1) is 29.1 Å². The highest BCUT2D eigenvalue weighted by Gasteiger charge is 2.29. The molecule has 0 aliphatic heterocycles. The fraction of sp³-hybridized carbons (Fsp3) is 0.368. The van der Waals surface area contributed by atoms with Crippen LogP contribution in [0.5, 0.6) is 0 Å². The van der Waals surface area contributed by atoms with Crippen molar-refractivity contribution in [2.24, 2.45) is 0 Å². The average Bonchev–Trinajstić information content (AvgIpc) is 2.67. The molecule has 0 spiro atoms. The predicted octanol–water partition coefficient (Wildman–Crippen LogP) is 3.07. The van der Waals surface area contributed by atoms with Crippen molar-refractivity contribution in [1.29, 1.82) is 0 Å². The number of benzene rings is 2. The zero-order valence-corrected chi connectivity index (χ0v) is 16.7. The first-order valence-electron chi connectivity index (χ1n) is 9.26. The third-order valence-electron chi connectivity index (χ3n) is 4.94. The Morgan fingerprint density at radius 1 is 0.871 bits per heavy atom. The molecule has 0 heterocycles. The highest BCUT2D eigenvalue weighted by molar-refractivity contribution is 7.89. The van der Waals surface area contributed by atoms with E-state index >= 15 is 0 Å². The largest absolute Gasteiger partial charge is 0.393 e. The Hall–Kier alpha value is -2.28. The molecule has 6 nitrogen and oxygen atoms in total. The van der Waals surface area contributed by atoms with E-state index in [1.165, 1.54) is 0 Å². The maximum Gasteiger partial charge on any atom is 0.243 e. The lowest BCUT2D eigenvalue weighted by molar-refractivity contribution is 0.120. The number of aliphatic hydroxyl groups is 2. The molecular weight excluding hydrogens is 447 g/mol. The van der Waals surface area contributed by atoms with E-state index < -0.39 is 73.6 Å². The number of hydrogen-bond donors (Lipinski definition) is 4. The van der Waals surface area contributed by atoms with E-state index in [0.717, 1.165) is 0 Å². The summed E-state index contributed by atoms with van der Waals surface area (Å²) < 4.78 is 95.6. The van der Waals surface area contributed by atoms with Crippen molar-refractivity contribution in [3.8, 4) is 0 Å². The normalized spacial score (nSPS) is 20.5. The van der Waals surface area contributed by atoms with Gasteiger partial charge in [0, 0.05) is 35.5 Å². The maximum atomic E-state index is 14.2. The number of rotatable bonds is 6. The molecule has 1 aliphatic rings. The van der Waals surface area contributed by atoms with Crippen molar-refractivity contribution in [2.45, 2.75) is 49.0 Å². The van der Waals surface area contributed by atoms with Gasteiger partial charge in [-0.05, 0) is 31.7 Å². The molecule has 4 N–H and O–H groups in total. The highest BCUT2D eigenvalue weighted by atomic mass is 32.2. The lowest BCUT2D eigenvalue weighted by atomic mass is 9.94. The monoisotopic (exact) mass is 466 g/mol. The van der Waals surface area contributed by atoms with Gasteiger partial charge in [-0.15, -0.1) is 0 Å². The first-order chi connectivity index (χ1) is 14.5. The Morgan fingerprint density at radius 2 is 1.45 bits per heavy atom. The summed E-state index contributed by atoms with van der Waals surface area (Å²) >= 11 is 0. The van der Waals surface area contributed by atoms with Gasteiger partial charge in [-0.1, -0.05) is 0 Å². The summed E-state index contributed by atoms with van der Waals surface area (Å²) in [5, 5.41) is 21.8. The van der Waals surface area contributed by atoms with E-state index in [2.05, 4.69) is 10.0 Å². The molecule has 1 fully saturated rings. The predicted molar refractivity (Wildman–Crippen MR) is 99.8 cm³/mol. The molecule has 3 rings (SSSR count). The third kappa shape index (κ3) is 5.32. The van der Waals surface area contributed by atoms with Gasteiger partial charge in [-0.2, -0.15) is 0 Å². The summed E-state index contributed by atoms with van der Waals surface area (Å²) in [4.78, 5) is -0.938. The fourth-order valence-electron chi connectivity index (χ4n) is 3.31. The zero-order chi connectivity index (χ0) is 22.9. The van der Waals surface area contributed by atoms with E-state index in [1.807, 2.05) is 0 Å². The summed E-state index contributed by atoms with van der Waals surface area (Å²) in [5.74, 6) is -7.61. The van der Waals surface area contributed by atoms with Crippen molar-refractivity contribution in [1.82, 2.24) is 4.72 Å². The molecule has 0 bridgehead atoms. The molecular formula is C19H19F5N2O4S. The molecule has 12 heteroatoms. The molecule has 170 valence electrons. The summed E-state index contributed by atoms with van der Waals surface area (Å²) in [6, 6.07) is 1.25. The van der Waals surface area contributed by atoms with Gasteiger partial charge < -0.3 is 15.5 Å². The molecule has 0 amide bonds. The molecule has 0 aromatic heterocycles. The number of aliphatic hydroxyl groups excluding tert-OH is 2. The van der Waals surface area contributed by atoms with Crippen LogP contribution < -0.4 is 10.0 Å². The van der Waals surface area contributed by atoms with E-state index in [0.29, 0.717) is 43.9 Å². The minimum Gasteiger partial charge on any atom is -0.393 e. The second kappa shape index (κ2) is 9.07. The Labute approximate surface area is 174 Å². The van der Waals surface area contributed by atoms with Crippen LogP contribution in [0.25, 0.3) is 0 Å². The van der Waals surface area contributed by atoms with Crippen molar-refractivity contribution in [3.63, 3.8) is 0 Å². The van der Waals surface area contributed by atoms with Crippen LogP contribution in [0.1, 0.15) is 37.5 Å². The third-order valence-corrected chi connectivity index (χ3v) is 6.48. The Bertz CT molecular complexity index is 1050. The van der Waals surface area contributed by atoms with Crippen LogP contribution in [-0.4, -0.2) is 30.8 Å². The summed E-state index contributed by atoms with van der Waals surface area (Å²) in [5.41, 5.74) is -1.18. The zero-order valence-electron chi connectivity index (χ0n) is 15.9. The van der Waals surface area contributed by atoms with Gasteiger partial charge in [0.05, 0.1) is 6.10 Å². The van der Waals surface area contributed by atoms with Gasteiger partial charge in [0.15, 0.2) is 23.7 Å². The van der Waals surface area contributed by atoms with E-state index in [-0.39, 0.29) is 6.07 Å². The van der Waals surface area contributed by atoms with Gasteiger partial charge >= 0.3 is 0 Å². The maximum absolute atomic E-state index is 14.2. The topological polar surface area (TPSA) is 98.7 Å².